The van der Waals surface area contributed by atoms with Crippen molar-refractivity contribution in [1.82, 2.24) is 5.32 Å². The molecule has 0 bridgehead atoms. The molecular weight excluding hydrogens is 274 g/mol. The van der Waals surface area contributed by atoms with E-state index in [4.69, 9.17) is 0 Å². The fourth-order valence-electron chi connectivity index (χ4n) is 2.82. The van der Waals surface area contributed by atoms with Crippen molar-refractivity contribution < 1.29 is 0 Å². The van der Waals surface area contributed by atoms with Gasteiger partial charge in [0.25, 0.3) is 0 Å². The molecule has 1 atom stereocenters. The predicted molar refractivity (Wildman–Crippen MR) is 77.1 cm³/mol. The molecule has 1 saturated carbocycles. The van der Waals surface area contributed by atoms with Crippen LogP contribution in [0.2, 0.25) is 0 Å². The van der Waals surface area contributed by atoms with Gasteiger partial charge in [0.15, 0.2) is 0 Å². The summed E-state index contributed by atoms with van der Waals surface area (Å²) in [4.78, 5) is 0. The molecule has 1 aromatic carbocycles. The molecule has 1 aliphatic rings. The molecule has 0 aromatic heterocycles. The monoisotopic (exact) mass is 295 g/mol. The second-order valence-electron chi connectivity index (χ2n) is 5.03. The van der Waals surface area contributed by atoms with E-state index in [1.807, 2.05) is 0 Å². The first-order chi connectivity index (χ1) is 8.31. The zero-order valence-corrected chi connectivity index (χ0v) is 12.2. The van der Waals surface area contributed by atoms with Gasteiger partial charge < -0.3 is 5.32 Å². The summed E-state index contributed by atoms with van der Waals surface area (Å²) < 4.78 is 1.17. The normalized spacial score (nSPS) is 18.5. The largest absolute Gasteiger partial charge is 0.310 e. The molecule has 94 valence electrons. The second-order valence-corrected chi connectivity index (χ2v) is 5.94. The van der Waals surface area contributed by atoms with Crippen molar-refractivity contribution in [3.63, 3.8) is 0 Å². The molecule has 1 fully saturated rings. The minimum Gasteiger partial charge on any atom is -0.310 e. The van der Waals surface area contributed by atoms with Crippen LogP contribution in [-0.4, -0.2) is 6.54 Å². The maximum atomic E-state index is 3.73. The zero-order valence-electron chi connectivity index (χ0n) is 10.6. The van der Waals surface area contributed by atoms with Gasteiger partial charge in [-0.3, -0.25) is 0 Å². The molecule has 0 spiro atoms. The van der Waals surface area contributed by atoms with Crippen LogP contribution in [0.25, 0.3) is 0 Å². The maximum Gasteiger partial charge on any atom is 0.0348 e. The van der Waals surface area contributed by atoms with Crippen LogP contribution in [0.3, 0.4) is 0 Å². The molecule has 1 nitrogen and oxygen atoms in total. The van der Waals surface area contributed by atoms with E-state index >= 15 is 0 Å². The summed E-state index contributed by atoms with van der Waals surface area (Å²) in [6.07, 6.45) is 6.80. The number of hydrogen-bond donors (Lipinski definition) is 1. The zero-order chi connectivity index (χ0) is 12.1. The van der Waals surface area contributed by atoms with Crippen molar-refractivity contribution in [3.8, 4) is 0 Å². The van der Waals surface area contributed by atoms with Crippen LogP contribution in [0.4, 0.5) is 0 Å². The Morgan fingerprint density at radius 3 is 2.47 bits per heavy atom. The third-order valence-corrected chi connectivity index (χ3v) is 4.24. The topological polar surface area (TPSA) is 12.0 Å². The van der Waals surface area contributed by atoms with Gasteiger partial charge in [0, 0.05) is 10.5 Å². The van der Waals surface area contributed by atoms with Crippen LogP contribution in [0, 0.1) is 5.92 Å². The third-order valence-electron chi connectivity index (χ3n) is 3.71. The van der Waals surface area contributed by atoms with Crippen LogP contribution in [0.5, 0.6) is 0 Å². The first-order valence-corrected chi connectivity index (χ1v) is 7.59. The lowest BCUT2D eigenvalue weighted by molar-refractivity contribution is 0.368. The highest BCUT2D eigenvalue weighted by Gasteiger charge is 2.25. The molecule has 1 unspecified atom stereocenters. The van der Waals surface area contributed by atoms with Gasteiger partial charge in [-0.15, -0.1) is 0 Å². The van der Waals surface area contributed by atoms with Crippen molar-refractivity contribution in [2.24, 2.45) is 5.92 Å². The summed E-state index contributed by atoms with van der Waals surface area (Å²) in [5.74, 6) is 0.836. The second kappa shape index (κ2) is 6.55. The van der Waals surface area contributed by atoms with Crippen molar-refractivity contribution >= 4 is 15.9 Å². The smallest absolute Gasteiger partial charge is 0.0348 e. The van der Waals surface area contributed by atoms with Crippen molar-refractivity contribution in [3.05, 3.63) is 34.3 Å². The van der Waals surface area contributed by atoms with Gasteiger partial charge in [-0.25, -0.2) is 0 Å². The van der Waals surface area contributed by atoms with Crippen LogP contribution < -0.4 is 5.32 Å². The first kappa shape index (κ1) is 13.1. The highest BCUT2D eigenvalue weighted by molar-refractivity contribution is 9.10. The Kier molecular flexibility index (Phi) is 5.05. The average Bonchev–Trinajstić information content (AvgIpc) is 2.85. The summed E-state index contributed by atoms with van der Waals surface area (Å²) in [7, 11) is 0. The fourth-order valence-corrected chi connectivity index (χ4v) is 3.08. The van der Waals surface area contributed by atoms with Gasteiger partial charge in [-0.1, -0.05) is 47.8 Å². The van der Waals surface area contributed by atoms with Crippen LogP contribution in [-0.2, 0) is 0 Å². The van der Waals surface area contributed by atoms with E-state index in [0.29, 0.717) is 6.04 Å². The summed E-state index contributed by atoms with van der Waals surface area (Å²) in [6, 6.07) is 9.40. The SMILES string of the molecule is CCCNC(c1ccc(Br)cc1)C1CCCC1. The Labute approximate surface area is 113 Å². The molecule has 1 aliphatic carbocycles. The van der Waals surface area contributed by atoms with E-state index in [-0.39, 0.29) is 0 Å². The lowest BCUT2D eigenvalue weighted by Gasteiger charge is -2.25. The molecule has 1 N–H and O–H groups in total. The third kappa shape index (κ3) is 3.56. The van der Waals surface area contributed by atoms with E-state index in [9.17, 15) is 0 Å². The van der Waals surface area contributed by atoms with Gasteiger partial charge in [-0.05, 0) is 49.4 Å². The quantitative estimate of drug-likeness (QED) is 0.832. The maximum absolute atomic E-state index is 3.73. The summed E-state index contributed by atoms with van der Waals surface area (Å²) >= 11 is 3.51. The van der Waals surface area contributed by atoms with Crippen LogP contribution in [0.15, 0.2) is 28.7 Å². The molecule has 2 rings (SSSR count). The lowest BCUT2D eigenvalue weighted by Crippen LogP contribution is -2.27. The van der Waals surface area contributed by atoms with Gasteiger partial charge in [0.1, 0.15) is 0 Å². The Balaban J connectivity index is 2.10. The molecule has 0 saturated heterocycles. The molecule has 1 aromatic rings. The minimum absolute atomic E-state index is 0.561. The van der Waals surface area contributed by atoms with Crippen LogP contribution in [0.1, 0.15) is 50.6 Å². The van der Waals surface area contributed by atoms with Gasteiger partial charge >= 0.3 is 0 Å². The van der Waals surface area contributed by atoms with Gasteiger partial charge in [0.05, 0.1) is 0 Å². The molecule has 0 amide bonds. The van der Waals surface area contributed by atoms with E-state index in [0.717, 1.165) is 12.5 Å². The van der Waals surface area contributed by atoms with E-state index in [1.54, 1.807) is 0 Å². The Bertz CT molecular complexity index is 327. The predicted octanol–water partition coefficient (Wildman–Crippen LogP) is 4.68. The number of nitrogens with one attached hydrogen (secondary N) is 1. The molecule has 0 heterocycles. The highest BCUT2D eigenvalue weighted by Crippen LogP contribution is 2.35. The first-order valence-electron chi connectivity index (χ1n) is 6.80. The van der Waals surface area contributed by atoms with Gasteiger partial charge in [0.2, 0.25) is 0 Å². The summed E-state index contributed by atoms with van der Waals surface area (Å²) in [6.45, 7) is 3.36. The Morgan fingerprint density at radius 1 is 1.24 bits per heavy atom. The number of hydrogen-bond acceptors (Lipinski definition) is 1. The van der Waals surface area contributed by atoms with E-state index in [1.165, 1.54) is 42.1 Å². The molecule has 2 heteroatoms. The summed E-state index contributed by atoms with van der Waals surface area (Å²) in [5, 5.41) is 3.73. The van der Waals surface area contributed by atoms with E-state index < -0.39 is 0 Å². The Morgan fingerprint density at radius 2 is 1.88 bits per heavy atom. The van der Waals surface area contributed by atoms with Crippen molar-refractivity contribution in [2.45, 2.75) is 45.1 Å². The molecule has 0 radical (unpaired) electrons. The average molecular weight is 296 g/mol. The highest BCUT2D eigenvalue weighted by atomic mass is 79.9. The van der Waals surface area contributed by atoms with Crippen molar-refractivity contribution in [1.29, 1.82) is 0 Å². The minimum atomic E-state index is 0.561. The standard InChI is InChI=1S/C15H22BrN/c1-2-11-17-15(12-5-3-4-6-12)13-7-9-14(16)10-8-13/h7-10,12,15,17H,2-6,11H2,1H3. The van der Waals surface area contributed by atoms with Crippen LogP contribution >= 0.6 is 15.9 Å². The molecule has 17 heavy (non-hydrogen) atoms. The fraction of sp³-hybridized carbons (Fsp3) is 0.600. The summed E-state index contributed by atoms with van der Waals surface area (Å²) in [5.41, 5.74) is 1.45. The number of halogens is 1. The molecule has 0 aliphatic heterocycles. The van der Waals surface area contributed by atoms with E-state index in [2.05, 4.69) is 52.4 Å². The van der Waals surface area contributed by atoms with Crippen molar-refractivity contribution in [2.75, 3.05) is 6.54 Å². The molecular formula is C15H22BrN. The lowest BCUT2D eigenvalue weighted by atomic mass is 9.91. The number of rotatable bonds is 5. The Hall–Kier alpha value is -0.340. The van der Waals surface area contributed by atoms with Gasteiger partial charge in [-0.2, -0.15) is 0 Å². The number of benzene rings is 1.